The summed E-state index contributed by atoms with van der Waals surface area (Å²) in [6.45, 7) is 0. The molecule has 0 saturated heterocycles. The Morgan fingerprint density at radius 2 is 1.72 bits per heavy atom. The van der Waals surface area contributed by atoms with Gasteiger partial charge in [-0.1, -0.05) is 30.3 Å². The third kappa shape index (κ3) is 5.16. The van der Waals surface area contributed by atoms with Crippen molar-refractivity contribution in [2.45, 2.75) is 24.8 Å². The van der Waals surface area contributed by atoms with Crippen LogP contribution in [0.25, 0.3) is 0 Å². The Hall–Kier alpha value is -1.59. The monoisotopic (exact) mass is 273 g/mol. The van der Waals surface area contributed by atoms with Gasteiger partial charge in [0, 0.05) is 12.3 Å². The molecule has 2 atom stereocenters. The topological polar surface area (TPSA) is 102 Å². The average molecular weight is 274 g/mol. The number of aliphatic carboxylic acids is 2. The fourth-order valence-corrected chi connectivity index (χ4v) is 1.72. The van der Waals surface area contributed by atoms with E-state index in [1.807, 2.05) is 30.3 Å². The van der Waals surface area contributed by atoms with Gasteiger partial charge in [0.1, 0.15) is 0 Å². The average Bonchev–Trinajstić information content (AvgIpc) is 2.28. The lowest BCUT2D eigenvalue weighted by atomic mass is 9.89. The maximum Gasteiger partial charge on any atom is 0.362 e. The number of rotatable bonds is 6. The second-order valence-electron chi connectivity index (χ2n) is 3.98. The van der Waals surface area contributed by atoms with Crippen molar-refractivity contribution in [3.05, 3.63) is 35.9 Å². The number of carbonyl (C=O) groups is 2. The van der Waals surface area contributed by atoms with Crippen LogP contribution < -0.4 is 18.1 Å². The molecule has 1 aromatic carbocycles. The lowest BCUT2D eigenvalue weighted by Crippen LogP contribution is -3.00. The summed E-state index contributed by atoms with van der Waals surface area (Å²) < 4.78 is 0. The van der Waals surface area contributed by atoms with Gasteiger partial charge in [-0.15, -0.1) is 0 Å². The normalized spacial score (nSPS) is 13.2. The Morgan fingerprint density at radius 3 is 2.17 bits per heavy atom. The van der Waals surface area contributed by atoms with Gasteiger partial charge in [-0.2, -0.15) is 0 Å². The van der Waals surface area contributed by atoms with Crippen molar-refractivity contribution in [2.75, 3.05) is 0 Å². The van der Waals surface area contributed by atoms with Gasteiger partial charge >= 0.3 is 11.9 Å². The summed E-state index contributed by atoms with van der Waals surface area (Å²) in [7, 11) is 0. The van der Waals surface area contributed by atoms with Crippen LogP contribution in [0.5, 0.6) is 0 Å². The van der Waals surface area contributed by atoms with Gasteiger partial charge in [0.15, 0.2) is 6.04 Å². The first kappa shape index (κ1) is 16.4. The molecule has 0 aliphatic carbocycles. The zero-order valence-corrected chi connectivity index (χ0v) is 10.5. The minimum absolute atomic E-state index is 0. The minimum Gasteiger partial charge on any atom is -1.00 e. The van der Waals surface area contributed by atoms with Crippen molar-refractivity contribution in [3.8, 4) is 0 Å². The molecule has 0 aliphatic heterocycles. The molecule has 0 saturated carbocycles. The first-order valence-corrected chi connectivity index (χ1v) is 5.33. The van der Waals surface area contributed by atoms with Crippen LogP contribution in [0.2, 0.25) is 0 Å². The predicted octanol–water partition coefficient (Wildman–Crippen LogP) is -2.67. The Balaban J connectivity index is 0.00000289. The van der Waals surface area contributed by atoms with Crippen molar-refractivity contribution in [1.82, 2.24) is 0 Å². The van der Waals surface area contributed by atoms with Crippen LogP contribution in [0, 0.1) is 0 Å². The van der Waals surface area contributed by atoms with E-state index in [-0.39, 0.29) is 31.2 Å². The van der Waals surface area contributed by atoms with Crippen LogP contribution in [-0.2, 0) is 9.59 Å². The van der Waals surface area contributed by atoms with Gasteiger partial charge in [-0.05, 0) is 5.56 Å². The van der Waals surface area contributed by atoms with E-state index in [9.17, 15) is 9.59 Å². The molecular weight excluding hydrogens is 258 g/mol. The van der Waals surface area contributed by atoms with Crippen LogP contribution in [0.15, 0.2) is 30.3 Å². The summed E-state index contributed by atoms with van der Waals surface area (Å²) >= 11 is 0. The second-order valence-corrected chi connectivity index (χ2v) is 3.98. The van der Waals surface area contributed by atoms with E-state index in [4.69, 9.17) is 10.2 Å². The third-order valence-corrected chi connectivity index (χ3v) is 2.61. The van der Waals surface area contributed by atoms with Gasteiger partial charge < -0.3 is 28.4 Å². The second kappa shape index (κ2) is 7.68. The highest BCUT2D eigenvalue weighted by Crippen LogP contribution is 2.24. The van der Waals surface area contributed by atoms with Crippen LogP contribution in [0.4, 0.5) is 0 Å². The number of carboxylic acids is 2. The van der Waals surface area contributed by atoms with E-state index in [1.165, 1.54) is 0 Å². The number of hydrogen-bond donors (Lipinski definition) is 3. The van der Waals surface area contributed by atoms with Gasteiger partial charge in [-0.25, -0.2) is 4.79 Å². The summed E-state index contributed by atoms with van der Waals surface area (Å²) in [4.78, 5) is 21.5. The maximum atomic E-state index is 10.8. The summed E-state index contributed by atoms with van der Waals surface area (Å²) in [5.41, 5.74) is 4.36. The van der Waals surface area contributed by atoms with Crippen LogP contribution >= 0.6 is 0 Å². The first-order valence-electron chi connectivity index (χ1n) is 5.33. The number of halogens is 1. The lowest BCUT2D eigenvalue weighted by Gasteiger charge is -2.15. The van der Waals surface area contributed by atoms with E-state index < -0.39 is 18.0 Å². The molecule has 0 aliphatic rings. The minimum atomic E-state index is -1.00. The zero-order valence-electron chi connectivity index (χ0n) is 9.75. The van der Waals surface area contributed by atoms with Gasteiger partial charge in [0.25, 0.3) is 0 Å². The molecule has 100 valence electrons. The number of quaternary nitrogens is 1. The van der Waals surface area contributed by atoms with E-state index >= 15 is 0 Å². The molecule has 0 amide bonds. The summed E-state index contributed by atoms with van der Waals surface area (Å²) in [6.07, 6.45) is 0.148. The number of hydrogen-bond acceptors (Lipinski definition) is 2. The SMILES string of the molecule is [Cl-].[NH3+][C@@H](C[C@H](CC(=O)O)c1ccccc1)C(=O)O. The van der Waals surface area contributed by atoms with Gasteiger partial charge in [0.2, 0.25) is 0 Å². The molecule has 0 heterocycles. The van der Waals surface area contributed by atoms with Crippen LogP contribution in [0.1, 0.15) is 24.3 Å². The van der Waals surface area contributed by atoms with E-state index in [0.29, 0.717) is 0 Å². The molecule has 0 unspecified atom stereocenters. The van der Waals surface area contributed by atoms with Gasteiger partial charge in [-0.3, -0.25) is 4.79 Å². The predicted molar refractivity (Wildman–Crippen MR) is 60.4 cm³/mol. The molecular formula is C12H16ClNO4. The molecule has 0 bridgehead atoms. The Morgan fingerprint density at radius 1 is 1.17 bits per heavy atom. The number of benzene rings is 1. The van der Waals surface area contributed by atoms with Crippen molar-refractivity contribution in [3.63, 3.8) is 0 Å². The highest BCUT2D eigenvalue weighted by atomic mass is 35.5. The van der Waals surface area contributed by atoms with Crippen molar-refractivity contribution in [2.24, 2.45) is 0 Å². The van der Waals surface area contributed by atoms with E-state index in [0.717, 1.165) is 5.56 Å². The summed E-state index contributed by atoms with van der Waals surface area (Å²) in [5.74, 6) is -2.25. The fourth-order valence-electron chi connectivity index (χ4n) is 1.72. The molecule has 0 fully saturated rings. The maximum absolute atomic E-state index is 10.8. The molecule has 6 heteroatoms. The Labute approximate surface area is 111 Å². The third-order valence-electron chi connectivity index (χ3n) is 2.61. The number of carboxylic acid groups (broad SMARTS) is 2. The molecule has 1 aromatic rings. The van der Waals surface area contributed by atoms with Gasteiger partial charge in [0.05, 0.1) is 6.42 Å². The molecule has 0 aromatic heterocycles. The Bertz CT molecular complexity index is 396. The molecule has 0 spiro atoms. The first-order chi connectivity index (χ1) is 8.00. The fraction of sp³-hybridized carbons (Fsp3) is 0.333. The largest absolute Gasteiger partial charge is 1.00 e. The lowest BCUT2D eigenvalue weighted by molar-refractivity contribution is -0.409. The quantitative estimate of drug-likeness (QED) is 0.526. The summed E-state index contributed by atoms with van der Waals surface area (Å²) in [5, 5.41) is 17.6. The van der Waals surface area contributed by atoms with E-state index in [1.54, 1.807) is 0 Å². The molecule has 5 nitrogen and oxygen atoms in total. The van der Waals surface area contributed by atoms with Crippen LogP contribution in [0.3, 0.4) is 0 Å². The Kier molecular flexibility index (Phi) is 7.00. The highest BCUT2D eigenvalue weighted by Gasteiger charge is 2.24. The zero-order chi connectivity index (χ0) is 12.8. The highest BCUT2D eigenvalue weighted by molar-refractivity contribution is 5.72. The van der Waals surface area contributed by atoms with Crippen molar-refractivity contribution < 1.29 is 37.9 Å². The van der Waals surface area contributed by atoms with Crippen LogP contribution in [-0.4, -0.2) is 28.2 Å². The van der Waals surface area contributed by atoms with E-state index in [2.05, 4.69) is 5.73 Å². The van der Waals surface area contributed by atoms with Crippen molar-refractivity contribution >= 4 is 11.9 Å². The van der Waals surface area contributed by atoms with Crippen molar-refractivity contribution in [1.29, 1.82) is 0 Å². The summed E-state index contributed by atoms with van der Waals surface area (Å²) in [6, 6.07) is 8.27. The molecule has 18 heavy (non-hydrogen) atoms. The molecule has 1 rings (SSSR count). The molecule has 5 N–H and O–H groups in total. The standard InChI is InChI=1S/C12H15NO4.ClH/c13-10(12(16)17)6-9(7-11(14)15)8-4-2-1-3-5-8;/h1-5,9-10H,6-7,13H2,(H,14,15)(H,16,17);1H/t9-,10+;/m1./s1. The molecule has 0 radical (unpaired) electrons. The smallest absolute Gasteiger partial charge is 0.362 e.